The Morgan fingerprint density at radius 3 is 2.12 bits per heavy atom. The number of nitrogens with zero attached hydrogens (tertiary/aromatic N) is 1. The Kier molecular flexibility index (Phi) is 4.30. The molecule has 0 aliphatic rings. The summed E-state index contributed by atoms with van der Waals surface area (Å²) in [5.74, 6) is 0.378. The molecule has 0 aliphatic carbocycles. The third-order valence-electron chi connectivity index (χ3n) is 2.78. The van der Waals surface area contributed by atoms with Crippen molar-refractivity contribution in [2.75, 3.05) is 0 Å². The maximum atomic E-state index is 12.1. The first kappa shape index (κ1) is 13.7. The molecule has 0 spiro atoms. The molecule has 1 rings (SSSR count). The van der Waals surface area contributed by atoms with E-state index in [-0.39, 0.29) is 6.42 Å². The van der Waals surface area contributed by atoms with E-state index in [0.29, 0.717) is 10.8 Å². The molecule has 0 heterocycles. The van der Waals surface area contributed by atoms with Gasteiger partial charge in [-0.3, -0.25) is 0 Å². The van der Waals surface area contributed by atoms with Crippen molar-refractivity contribution < 1.29 is 8.42 Å². The predicted molar refractivity (Wildman–Crippen MR) is 67.4 cm³/mol. The minimum atomic E-state index is -3.37. The first-order chi connectivity index (χ1) is 7.89. The second-order valence-corrected chi connectivity index (χ2v) is 6.81. The van der Waals surface area contributed by atoms with Crippen molar-refractivity contribution >= 4 is 9.84 Å². The van der Waals surface area contributed by atoms with Crippen LogP contribution in [0, 0.1) is 11.3 Å². The van der Waals surface area contributed by atoms with Crippen molar-refractivity contribution in [3.05, 3.63) is 29.8 Å². The van der Waals surface area contributed by atoms with E-state index in [2.05, 4.69) is 13.8 Å². The molecule has 0 aromatic heterocycles. The zero-order valence-corrected chi connectivity index (χ0v) is 11.2. The van der Waals surface area contributed by atoms with E-state index in [1.807, 2.05) is 18.2 Å². The number of hydrogen-bond acceptors (Lipinski definition) is 3. The Hall–Kier alpha value is -1.34. The predicted octanol–water partition coefficient (Wildman–Crippen LogP) is 2.89. The van der Waals surface area contributed by atoms with E-state index < -0.39 is 15.1 Å². The van der Waals surface area contributed by atoms with Crippen molar-refractivity contribution in [1.29, 1.82) is 5.26 Å². The first-order valence-electron chi connectivity index (χ1n) is 5.60. The minimum Gasteiger partial charge on any atom is -0.223 e. The molecule has 1 atom stereocenters. The normalized spacial score (nSPS) is 13.4. The van der Waals surface area contributed by atoms with Gasteiger partial charge in [-0.05, 0) is 30.5 Å². The first-order valence-corrected chi connectivity index (χ1v) is 7.15. The summed E-state index contributed by atoms with van der Waals surface area (Å²) in [4.78, 5) is 0.296. The largest absolute Gasteiger partial charge is 0.223 e. The number of hydrogen-bond donors (Lipinski definition) is 0. The lowest BCUT2D eigenvalue weighted by molar-refractivity contribution is 0.584. The Bertz CT molecular complexity index is 509. The second kappa shape index (κ2) is 5.33. The summed E-state index contributed by atoms with van der Waals surface area (Å²) in [7, 11) is -3.37. The number of sulfone groups is 1. The number of benzene rings is 1. The Labute approximate surface area is 103 Å². The molecule has 0 N–H and O–H groups in total. The minimum absolute atomic E-state index is 0.0221. The van der Waals surface area contributed by atoms with Gasteiger partial charge in [-0.25, -0.2) is 8.42 Å². The van der Waals surface area contributed by atoms with E-state index in [9.17, 15) is 8.42 Å². The van der Waals surface area contributed by atoms with Gasteiger partial charge in [-0.15, -0.1) is 0 Å². The quantitative estimate of drug-likeness (QED) is 0.826. The van der Waals surface area contributed by atoms with E-state index in [1.165, 1.54) is 0 Å². The number of rotatable bonds is 4. The van der Waals surface area contributed by atoms with Crippen LogP contribution >= 0.6 is 0 Å². The lowest BCUT2D eigenvalue weighted by Crippen LogP contribution is -2.17. The van der Waals surface area contributed by atoms with Gasteiger partial charge in [-0.1, -0.05) is 26.0 Å². The summed E-state index contributed by atoms with van der Waals surface area (Å²) in [5, 5.41) is 7.89. The standard InChI is InChI=1S/C13H17NO2S/c1-10(2)12-4-6-13(7-5-12)17(15,16)11(3)8-9-14/h4-7,10-11H,8H2,1-3H3. The van der Waals surface area contributed by atoms with Crippen LogP contribution in [0.3, 0.4) is 0 Å². The zero-order valence-electron chi connectivity index (χ0n) is 10.3. The molecular formula is C13H17NO2S. The lowest BCUT2D eigenvalue weighted by Gasteiger charge is -2.11. The molecule has 92 valence electrons. The van der Waals surface area contributed by atoms with Crippen LogP contribution in [0.1, 0.15) is 38.7 Å². The van der Waals surface area contributed by atoms with Crippen molar-refractivity contribution in [2.24, 2.45) is 0 Å². The van der Waals surface area contributed by atoms with Gasteiger partial charge in [0.05, 0.1) is 22.6 Å². The fraction of sp³-hybridized carbons (Fsp3) is 0.462. The summed E-state index contributed by atoms with van der Waals surface area (Å²) in [6, 6.07) is 8.80. The van der Waals surface area contributed by atoms with Crippen LogP contribution in [0.2, 0.25) is 0 Å². The smallest absolute Gasteiger partial charge is 0.181 e. The monoisotopic (exact) mass is 251 g/mol. The van der Waals surface area contributed by atoms with E-state index in [0.717, 1.165) is 5.56 Å². The van der Waals surface area contributed by atoms with Gasteiger partial charge in [0, 0.05) is 0 Å². The topological polar surface area (TPSA) is 57.9 Å². The SMILES string of the molecule is CC(C)c1ccc(S(=O)(=O)C(C)CC#N)cc1. The Morgan fingerprint density at radius 2 is 1.71 bits per heavy atom. The molecule has 0 radical (unpaired) electrons. The van der Waals surface area contributed by atoms with Crippen molar-refractivity contribution in [2.45, 2.75) is 43.3 Å². The van der Waals surface area contributed by atoms with Gasteiger partial charge >= 0.3 is 0 Å². The van der Waals surface area contributed by atoms with Crippen LogP contribution in [0.5, 0.6) is 0 Å². The lowest BCUT2D eigenvalue weighted by atomic mass is 10.0. The van der Waals surface area contributed by atoms with Crippen molar-refractivity contribution in [3.8, 4) is 6.07 Å². The van der Waals surface area contributed by atoms with E-state index >= 15 is 0 Å². The summed E-state index contributed by atoms with van der Waals surface area (Å²) in [5.41, 5.74) is 1.11. The van der Waals surface area contributed by atoms with Crippen LogP contribution in [-0.4, -0.2) is 13.7 Å². The highest BCUT2D eigenvalue weighted by Gasteiger charge is 2.22. The average molecular weight is 251 g/mol. The van der Waals surface area contributed by atoms with Gasteiger partial charge in [0.25, 0.3) is 0 Å². The molecule has 0 saturated heterocycles. The van der Waals surface area contributed by atoms with Crippen LogP contribution in [0.15, 0.2) is 29.2 Å². The van der Waals surface area contributed by atoms with Crippen molar-refractivity contribution in [3.63, 3.8) is 0 Å². The summed E-state index contributed by atoms with van der Waals surface area (Å²) in [6.07, 6.45) is 0.0221. The van der Waals surface area contributed by atoms with Crippen LogP contribution in [0.25, 0.3) is 0 Å². The molecule has 0 aliphatic heterocycles. The molecule has 0 saturated carbocycles. The Morgan fingerprint density at radius 1 is 1.18 bits per heavy atom. The fourth-order valence-corrected chi connectivity index (χ4v) is 2.79. The van der Waals surface area contributed by atoms with Crippen LogP contribution in [-0.2, 0) is 9.84 Å². The molecule has 0 amide bonds. The zero-order chi connectivity index (χ0) is 13.1. The molecule has 0 fully saturated rings. The Balaban J connectivity index is 3.05. The summed E-state index contributed by atoms with van der Waals surface area (Å²) in [6.45, 7) is 5.68. The highest BCUT2D eigenvalue weighted by molar-refractivity contribution is 7.92. The molecule has 1 unspecified atom stereocenters. The molecule has 0 bridgehead atoms. The maximum Gasteiger partial charge on any atom is 0.181 e. The van der Waals surface area contributed by atoms with Gasteiger partial charge in [0.2, 0.25) is 0 Å². The maximum absolute atomic E-state index is 12.1. The van der Waals surface area contributed by atoms with E-state index in [4.69, 9.17) is 5.26 Å². The van der Waals surface area contributed by atoms with Gasteiger partial charge in [-0.2, -0.15) is 5.26 Å². The molecule has 17 heavy (non-hydrogen) atoms. The fourth-order valence-electron chi connectivity index (χ4n) is 1.51. The van der Waals surface area contributed by atoms with Crippen LogP contribution < -0.4 is 0 Å². The summed E-state index contributed by atoms with van der Waals surface area (Å²) >= 11 is 0. The number of nitriles is 1. The molecule has 1 aromatic rings. The third kappa shape index (κ3) is 3.07. The molecule has 4 heteroatoms. The average Bonchev–Trinajstić information content (AvgIpc) is 2.29. The molecule has 3 nitrogen and oxygen atoms in total. The highest BCUT2D eigenvalue weighted by atomic mass is 32.2. The highest BCUT2D eigenvalue weighted by Crippen LogP contribution is 2.21. The van der Waals surface area contributed by atoms with Gasteiger partial charge in [0.15, 0.2) is 9.84 Å². The summed E-state index contributed by atoms with van der Waals surface area (Å²) < 4.78 is 24.1. The second-order valence-electron chi connectivity index (χ2n) is 4.44. The van der Waals surface area contributed by atoms with Crippen LogP contribution in [0.4, 0.5) is 0 Å². The third-order valence-corrected chi connectivity index (χ3v) is 4.94. The molecular weight excluding hydrogens is 234 g/mol. The van der Waals surface area contributed by atoms with E-state index in [1.54, 1.807) is 19.1 Å². The van der Waals surface area contributed by atoms with Gasteiger partial charge in [0.1, 0.15) is 0 Å². The van der Waals surface area contributed by atoms with Gasteiger partial charge < -0.3 is 0 Å². The van der Waals surface area contributed by atoms with Crippen molar-refractivity contribution in [1.82, 2.24) is 0 Å². The molecule has 1 aromatic carbocycles.